The quantitative estimate of drug-likeness (QED) is 0.744. The fourth-order valence-electron chi connectivity index (χ4n) is 2.26. The lowest BCUT2D eigenvalue weighted by atomic mass is 10.2. The van der Waals surface area contributed by atoms with E-state index < -0.39 is 0 Å². The van der Waals surface area contributed by atoms with Gasteiger partial charge in [0.1, 0.15) is 0 Å². The van der Waals surface area contributed by atoms with Gasteiger partial charge in [0.2, 0.25) is 0 Å². The first-order valence-electron chi connectivity index (χ1n) is 7.65. The van der Waals surface area contributed by atoms with Crippen LogP contribution in [0.25, 0.3) is 0 Å². The number of nitrogens with zero attached hydrogens (tertiary/aromatic N) is 3. The van der Waals surface area contributed by atoms with Crippen LogP contribution in [0.3, 0.4) is 0 Å². The van der Waals surface area contributed by atoms with Crippen molar-refractivity contribution in [2.45, 2.75) is 38.4 Å². The summed E-state index contributed by atoms with van der Waals surface area (Å²) in [7, 11) is 6.42. The molecule has 1 heterocycles. The minimum Gasteiger partial charge on any atom is -0.309 e. The number of hydrogen-bond acceptors (Lipinski definition) is 4. The van der Waals surface area contributed by atoms with E-state index in [1.54, 1.807) is 0 Å². The molecule has 1 fully saturated rings. The first-order chi connectivity index (χ1) is 9.63. The molecule has 0 bridgehead atoms. The highest BCUT2D eigenvalue weighted by Crippen LogP contribution is 2.19. The molecule has 0 amide bonds. The standard InChI is InChI=1S/C16H28N4/c1-19(2)10-5-11-20(3)13-16-7-4-6-15(18-16)12-17-14-8-9-14/h4,6-7,14,17H,5,8-13H2,1-3H3. The molecule has 1 aromatic heterocycles. The van der Waals surface area contributed by atoms with E-state index in [1.165, 1.54) is 25.0 Å². The second kappa shape index (κ2) is 7.72. The van der Waals surface area contributed by atoms with Crippen LogP contribution in [0.1, 0.15) is 30.7 Å². The Balaban J connectivity index is 1.74. The van der Waals surface area contributed by atoms with E-state index in [0.29, 0.717) is 0 Å². The summed E-state index contributed by atoms with van der Waals surface area (Å²) >= 11 is 0. The van der Waals surface area contributed by atoms with Gasteiger partial charge in [0.05, 0.1) is 11.4 Å². The molecule has 20 heavy (non-hydrogen) atoms. The van der Waals surface area contributed by atoms with Gasteiger partial charge in [-0.15, -0.1) is 0 Å². The molecule has 0 saturated heterocycles. The maximum atomic E-state index is 4.74. The first-order valence-corrected chi connectivity index (χ1v) is 7.65. The molecule has 4 heteroatoms. The molecule has 112 valence electrons. The number of rotatable bonds is 9. The minimum atomic E-state index is 0.745. The van der Waals surface area contributed by atoms with Crippen molar-refractivity contribution >= 4 is 0 Å². The summed E-state index contributed by atoms with van der Waals surface area (Å²) in [6.45, 7) is 4.10. The van der Waals surface area contributed by atoms with Gasteiger partial charge in [-0.25, -0.2) is 0 Å². The van der Waals surface area contributed by atoms with Crippen LogP contribution in [0.4, 0.5) is 0 Å². The molecule has 2 rings (SSSR count). The average molecular weight is 276 g/mol. The zero-order valence-corrected chi connectivity index (χ0v) is 13.1. The second-order valence-corrected chi connectivity index (χ2v) is 6.17. The van der Waals surface area contributed by atoms with E-state index in [1.807, 2.05) is 0 Å². The Labute approximate surface area is 123 Å². The van der Waals surface area contributed by atoms with E-state index in [4.69, 9.17) is 4.98 Å². The molecule has 1 aromatic rings. The fourth-order valence-corrected chi connectivity index (χ4v) is 2.26. The van der Waals surface area contributed by atoms with Crippen LogP contribution < -0.4 is 5.32 Å². The summed E-state index contributed by atoms with van der Waals surface area (Å²) in [4.78, 5) is 9.32. The number of hydrogen-bond donors (Lipinski definition) is 1. The van der Waals surface area contributed by atoms with Gasteiger partial charge in [0, 0.05) is 19.1 Å². The number of aromatic nitrogens is 1. The van der Waals surface area contributed by atoms with Gasteiger partial charge in [-0.2, -0.15) is 0 Å². The van der Waals surface area contributed by atoms with Gasteiger partial charge in [-0.05, 0) is 65.6 Å². The summed E-state index contributed by atoms with van der Waals surface area (Å²) in [6.07, 6.45) is 3.86. The monoisotopic (exact) mass is 276 g/mol. The highest BCUT2D eigenvalue weighted by molar-refractivity contribution is 5.11. The molecule has 0 aromatic carbocycles. The van der Waals surface area contributed by atoms with Crippen molar-refractivity contribution in [2.24, 2.45) is 0 Å². The lowest BCUT2D eigenvalue weighted by Gasteiger charge is -2.18. The van der Waals surface area contributed by atoms with Crippen molar-refractivity contribution in [3.05, 3.63) is 29.6 Å². The zero-order chi connectivity index (χ0) is 14.4. The normalized spacial score (nSPS) is 15.2. The number of nitrogens with one attached hydrogen (secondary N) is 1. The molecule has 1 N–H and O–H groups in total. The summed E-state index contributed by atoms with van der Waals surface area (Å²) in [6, 6.07) is 7.11. The van der Waals surface area contributed by atoms with E-state index in [0.717, 1.165) is 37.9 Å². The van der Waals surface area contributed by atoms with Crippen LogP contribution in [0.5, 0.6) is 0 Å². The highest BCUT2D eigenvalue weighted by Gasteiger charge is 2.20. The first kappa shape index (κ1) is 15.4. The van der Waals surface area contributed by atoms with E-state index >= 15 is 0 Å². The SMILES string of the molecule is CN(C)CCCN(C)Cc1cccc(CNC2CC2)n1. The molecule has 1 aliphatic carbocycles. The van der Waals surface area contributed by atoms with Crippen molar-refractivity contribution in [3.63, 3.8) is 0 Å². The van der Waals surface area contributed by atoms with Crippen molar-refractivity contribution in [1.29, 1.82) is 0 Å². The maximum Gasteiger partial charge on any atom is 0.0547 e. The third-order valence-corrected chi connectivity index (χ3v) is 3.59. The predicted molar refractivity (Wildman–Crippen MR) is 83.6 cm³/mol. The van der Waals surface area contributed by atoms with Crippen molar-refractivity contribution in [1.82, 2.24) is 20.1 Å². The van der Waals surface area contributed by atoms with Crippen molar-refractivity contribution in [2.75, 3.05) is 34.2 Å². The molecule has 0 radical (unpaired) electrons. The van der Waals surface area contributed by atoms with Crippen LogP contribution in [0.2, 0.25) is 0 Å². The Morgan fingerprint density at radius 3 is 2.60 bits per heavy atom. The third kappa shape index (κ3) is 5.99. The van der Waals surface area contributed by atoms with Gasteiger partial charge in [0.15, 0.2) is 0 Å². The molecule has 0 unspecified atom stereocenters. The van der Waals surface area contributed by atoms with Gasteiger partial charge < -0.3 is 15.1 Å². The molecule has 1 saturated carbocycles. The summed E-state index contributed by atoms with van der Waals surface area (Å²) in [5, 5.41) is 3.52. The fraction of sp³-hybridized carbons (Fsp3) is 0.688. The Morgan fingerprint density at radius 1 is 1.15 bits per heavy atom. The molecular weight excluding hydrogens is 248 g/mol. The zero-order valence-electron chi connectivity index (χ0n) is 13.1. The highest BCUT2D eigenvalue weighted by atomic mass is 15.1. The molecule has 0 spiro atoms. The van der Waals surface area contributed by atoms with E-state index in [-0.39, 0.29) is 0 Å². The Kier molecular flexibility index (Phi) is 5.95. The van der Waals surface area contributed by atoms with Crippen LogP contribution in [-0.2, 0) is 13.1 Å². The average Bonchev–Trinajstić information content (AvgIpc) is 3.20. The van der Waals surface area contributed by atoms with Gasteiger partial charge in [-0.1, -0.05) is 6.07 Å². The Hall–Kier alpha value is -0.970. The van der Waals surface area contributed by atoms with Crippen LogP contribution in [0, 0.1) is 0 Å². The second-order valence-electron chi connectivity index (χ2n) is 6.17. The van der Waals surface area contributed by atoms with Crippen molar-refractivity contribution < 1.29 is 0 Å². The van der Waals surface area contributed by atoms with Gasteiger partial charge in [-0.3, -0.25) is 4.98 Å². The topological polar surface area (TPSA) is 31.4 Å². The molecular formula is C16H28N4. The third-order valence-electron chi connectivity index (χ3n) is 3.59. The summed E-state index contributed by atoms with van der Waals surface area (Å²) in [5.74, 6) is 0. The summed E-state index contributed by atoms with van der Waals surface area (Å²) in [5.41, 5.74) is 2.34. The van der Waals surface area contributed by atoms with Crippen molar-refractivity contribution in [3.8, 4) is 0 Å². The molecule has 4 nitrogen and oxygen atoms in total. The smallest absolute Gasteiger partial charge is 0.0547 e. The largest absolute Gasteiger partial charge is 0.309 e. The van der Waals surface area contributed by atoms with Crippen LogP contribution in [-0.4, -0.2) is 55.1 Å². The lowest BCUT2D eigenvalue weighted by Crippen LogP contribution is -2.24. The Bertz CT molecular complexity index is 401. The molecule has 0 aliphatic heterocycles. The molecule has 1 aliphatic rings. The van der Waals surface area contributed by atoms with E-state index in [2.05, 4.69) is 54.5 Å². The van der Waals surface area contributed by atoms with Crippen LogP contribution >= 0.6 is 0 Å². The minimum absolute atomic E-state index is 0.745. The summed E-state index contributed by atoms with van der Waals surface area (Å²) < 4.78 is 0. The predicted octanol–water partition coefficient (Wildman–Crippen LogP) is 1.72. The maximum absolute atomic E-state index is 4.74. The number of pyridine rings is 1. The molecule has 0 atom stereocenters. The lowest BCUT2D eigenvalue weighted by molar-refractivity contribution is 0.292. The van der Waals surface area contributed by atoms with Gasteiger partial charge in [0.25, 0.3) is 0 Å². The Morgan fingerprint density at radius 2 is 1.90 bits per heavy atom. The van der Waals surface area contributed by atoms with E-state index in [9.17, 15) is 0 Å². The van der Waals surface area contributed by atoms with Gasteiger partial charge >= 0.3 is 0 Å². The van der Waals surface area contributed by atoms with Crippen LogP contribution in [0.15, 0.2) is 18.2 Å².